The molecule has 0 saturated carbocycles. The zero-order chi connectivity index (χ0) is 16.4. The number of hydrogen-bond donors (Lipinski definition) is 0. The van der Waals surface area contributed by atoms with Gasteiger partial charge in [0.1, 0.15) is 0 Å². The summed E-state index contributed by atoms with van der Waals surface area (Å²) in [7, 11) is 6.57. The summed E-state index contributed by atoms with van der Waals surface area (Å²) >= 11 is 0. The molecule has 0 N–H and O–H groups in total. The van der Waals surface area contributed by atoms with Crippen molar-refractivity contribution < 1.29 is 0 Å². The fraction of sp³-hybridized carbons (Fsp3) is 1.00. The summed E-state index contributed by atoms with van der Waals surface area (Å²) in [5, 5.41) is 1.04. The van der Waals surface area contributed by atoms with E-state index in [1.807, 2.05) is 0 Å². The fourth-order valence-corrected chi connectivity index (χ4v) is 5.42. The van der Waals surface area contributed by atoms with Crippen molar-refractivity contribution in [2.24, 2.45) is 0 Å². The molecule has 0 fully saturated rings. The van der Waals surface area contributed by atoms with Gasteiger partial charge in [-0.25, -0.2) is 0 Å². The molecule has 0 nitrogen and oxygen atoms in total. The van der Waals surface area contributed by atoms with Crippen molar-refractivity contribution in [2.75, 3.05) is 18.5 Å². The Morgan fingerprint density at radius 2 is 1.00 bits per heavy atom. The van der Waals surface area contributed by atoms with Crippen LogP contribution in [0.5, 0.6) is 0 Å². The lowest BCUT2D eigenvalue weighted by atomic mass is 9.96. The average Bonchev–Trinajstić information content (AvgIpc) is 2.52. The van der Waals surface area contributed by atoms with E-state index < -0.39 is 0 Å². The van der Waals surface area contributed by atoms with Crippen LogP contribution < -0.4 is 0 Å². The molecule has 0 aliphatic rings. The Bertz CT molecular complexity index is 221. The Hall–Kier alpha value is 1.29. The second kappa shape index (κ2) is 11.8. The Labute approximate surface area is 141 Å². The number of hydrogen-bond acceptors (Lipinski definition) is 0. The monoisotopic (exact) mass is 350 g/mol. The van der Waals surface area contributed by atoms with Crippen LogP contribution in [0.25, 0.3) is 0 Å². The summed E-state index contributed by atoms with van der Waals surface area (Å²) in [6.07, 6.45) is 15.4. The highest BCUT2D eigenvalue weighted by Gasteiger charge is 2.21. The summed E-state index contributed by atoms with van der Waals surface area (Å²) in [5.74, 6) is 0. The predicted octanol–water partition coefficient (Wildman–Crippen LogP) is 6.92. The molecule has 0 heterocycles. The molecule has 2 unspecified atom stereocenters. The molecule has 3 heteroatoms. The lowest BCUT2D eigenvalue weighted by Crippen LogP contribution is -2.19. The van der Waals surface area contributed by atoms with Gasteiger partial charge >= 0.3 is 0 Å². The van der Waals surface area contributed by atoms with E-state index in [0.29, 0.717) is 18.2 Å². The quantitative estimate of drug-likeness (QED) is 0.316. The van der Waals surface area contributed by atoms with Gasteiger partial charge in [-0.3, -0.25) is 0 Å². The van der Waals surface area contributed by atoms with E-state index in [0.717, 1.165) is 0 Å². The molecule has 0 aromatic heterocycles. The first-order chi connectivity index (χ1) is 9.88. The highest BCUT2D eigenvalue weighted by molar-refractivity contribution is 7.57. The van der Waals surface area contributed by atoms with Crippen molar-refractivity contribution in [1.29, 1.82) is 0 Å². The van der Waals surface area contributed by atoms with Crippen molar-refractivity contribution >= 4 is 26.4 Å². The second-order valence-electron chi connectivity index (χ2n) is 6.78. The molecule has 2 atom stereocenters. The SMILES string of the molecule is CCP(CCCC(P)(CC)CC)CCCC(P)(CC)CC. The lowest BCUT2D eigenvalue weighted by Gasteiger charge is -2.29. The molecule has 128 valence electrons. The molecular formula is C18H41P3. The third-order valence-electron chi connectivity index (χ3n) is 5.56. The second-order valence-corrected chi connectivity index (χ2v) is 12.1. The van der Waals surface area contributed by atoms with Gasteiger partial charge in [0.25, 0.3) is 0 Å². The minimum atomic E-state index is 0.297. The van der Waals surface area contributed by atoms with Crippen LogP contribution in [-0.2, 0) is 0 Å². The summed E-state index contributed by atoms with van der Waals surface area (Å²) in [4.78, 5) is 0. The minimum Gasteiger partial charge on any atom is -0.131 e. The van der Waals surface area contributed by atoms with Gasteiger partial charge in [-0.15, -0.1) is 26.4 Å². The first-order valence-corrected chi connectivity index (χ1v) is 12.2. The van der Waals surface area contributed by atoms with Crippen LogP contribution in [-0.4, -0.2) is 28.8 Å². The molecule has 0 bridgehead atoms. The van der Waals surface area contributed by atoms with Gasteiger partial charge in [0.15, 0.2) is 0 Å². The maximum Gasteiger partial charge on any atom is -0.0155 e. The van der Waals surface area contributed by atoms with Crippen LogP contribution in [0.1, 0.15) is 86.0 Å². The standard InChI is InChI=1S/C18H41P3/c1-6-17(19,7-2)13-11-15-21(10-5)16-12-14-18(20,8-3)9-4/h6-16,19-20H2,1-5H3. The topological polar surface area (TPSA) is 0 Å². The zero-order valence-electron chi connectivity index (χ0n) is 15.4. The van der Waals surface area contributed by atoms with Crippen LogP contribution >= 0.6 is 26.4 Å². The molecule has 0 aromatic carbocycles. The van der Waals surface area contributed by atoms with E-state index >= 15 is 0 Å². The maximum atomic E-state index is 3.14. The molecule has 0 saturated heterocycles. The molecule has 0 aliphatic carbocycles. The van der Waals surface area contributed by atoms with Gasteiger partial charge in [0.2, 0.25) is 0 Å². The summed E-state index contributed by atoms with van der Waals surface area (Å²) < 4.78 is 0. The average molecular weight is 350 g/mol. The Morgan fingerprint density at radius 3 is 1.24 bits per heavy atom. The molecule has 0 aliphatic heterocycles. The van der Waals surface area contributed by atoms with E-state index in [2.05, 4.69) is 53.1 Å². The van der Waals surface area contributed by atoms with Crippen molar-refractivity contribution in [2.45, 2.75) is 96.3 Å². The Kier molecular flexibility index (Phi) is 12.5. The Morgan fingerprint density at radius 1 is 0.667 bits per heavy atom. The van der Waals surface area contributed by atoms with E-state index in [1.165, 1.54) is 69.9 Å². The maximum absolute atomic E-state index is 3.14. The van der Waals surface area contributed by atoms with Crippen molar-refractivity contribution in [3.8, 4) is 0 Å². The van der Waals surface area contributed by atoms with Crippen molar-refractivity contribution in [3.05, 3.63) is 0 Å². The van der Waals surface area contributed by atoms with Crippen LogP contribution in [0.4, 0.5) is 0 Å². The summed E-state index contributed by atoms with van der Waals surface area (Å²) in [5.41, 5.74) is 0. The highest BCUT2D eigenvalue weighted by Crippen LogP contribution is 2.41. The molecule has 0 rings (SSSR count). The molecule has 0 radical (unpaired) electrons. The molecule has 0 spiro atoms. The van der Waals surface area contributed by atoms with Gasteiger partial charge in [0, 0.05) is 0 Å². The first kappa shape index (κ1) is 22.3. The molecule has 21 heavy (non-hydrogen) atoms. The predicted molar refractivity (Wildman–Crippen MR) is 112 cm³/mol. The van der Waals surface area contributed by atoms with Crippen molar-refractivity contribution in [1.82, 2.24) is 0 Å². The molecular weight excluding hydrogens is 309 g/mol. The first-order valence-electron chi connectivity index (χ1n) is 9.18. The normalized spacial score (nSPS) is 13.1. The van der Waals surface area contributed by atoms with Crippen molar-refractivity contribution in [3.63, 3.8) is 0 Å². The Balaban J connectivity index is 4.02. The summed E-state index contributed by atoms with van der Waals surface area (Å²) in [6.45, 7) is 11.8. The van der Waals surface area contributed by atoms with E-state index in [4.69, 9.17) is 0 Å². The number of rotatable bonds is 13. The lowest BCUT2D eigenvalue weighted by molar-refractivity contribution is 0.498. The zero-order valence-corrected chi connectivity index (χ0v) is 18.6. The van der Waals surface area contributed by atoms with E-state index in [9.17, 15) is 0 Å². The van der Waals surface area contributed by atoms with Gasteiger partial charge in [-0.05, 0) is 80.2 Å². The fourth-order valence-electron chi connectivity index (χ4n) is 2.94. The van der Waals surface area contributed by atoms with E-state index in [1.54, 1.807) is 0 Å². The minimum absolute atomic E-state index is 0.297. The third-order valence-corrected chi connectivity index (χ3v) is 10.6. The highest BCUT2D eigenvalue weighted by atomic mass is 31.1. The van der Waals surface area contributed by atoms with Crippen LogP contribution in [0.15, 0.2) is 0 Å². The smallest absolute Gasteiger partial charge is 0.0155 e. The third kappa shape index (κ3) is 9.23. The van der Waals surface area contributed by atoms with E-state index in [-0.39, 0.29) is 0 Å². The summed E-state index contributed by atoms with van der Waals surface area (Å²) in [6, 6.07) is 0. The molecule has 0 amide bonds. The van der Waals surface area contributed by atoms with Crippen LogP contribution in [0.2, 0.25) is 0 Å². The van der Waals surface area contributed by atoms with Gasteiger partial charge in [0.05, 0.1) is 0 Å². The van der Waals surface area contributed by atoms with Gasteiger partial charge in [-0.2, -0.15) is 0 Å². The van der Waals surface area contributed by atoms with Gasteiger partial charge in [-0.1, -0.05) is 34.6 Å². The van der Waals surface area contributed by atoms with Crippen LogP contribution in [0.3, 0.4) is 0 Å². The van der Waals surface area contributed by atoms with Gasteiger partial charge < -0.3 is 0 Å². The largest absolute Gasteiger partial charge is 0.131 e. The molecule has 0 aromatic rings. The van der Waals surface area contributed by atoms with Crippen LogP contribution in [0, 0.1) is 0 Å².